The first-order valence-electron chi connectivity index (χ1n) is 7.87. The van der Waals surface area contributed by atoms with Crippen molar-refractivity contribution >= 4 is 64.7 Å². The Morgan fingerprint density at radius 3 is 2.27 bits per heavy atom. The monoisotopic (exact) mass is 539 g/mol. The molecule has 1 aromatic rings. The molecule has 0 unspecified atom stereocenters. The molecule has 0 atom stereocenters. The van der Waals surface area contributed by atoms with E-state index in [0.717, 1.165) is 13.0 Å². The number of guanidine groups is 1. The summed E-state index contributed by atoms with van der Waals surface area (Å²) < 4.78 is 15.9. The van der Waals surface area contributed by atoms with Gasteiger partial charge in [0.15, 0.2) is 11.7 Å². The highest BCUT2D eigenvalue weighted by Gasteiger charge is 2.09. The number of hydrogen-bond donors (Lipinski definition) is 2. The average molecular weight is 541 g/mol. The van der Waals surface area contributed by atoms with Crippen LogP contribution in [-0.2, 0) is 9.47 Å². The van der Waals surface area contributed by atoms with Gasteiger partial charge in [0.2, 0.25) is 0 Å². The molecule has 2 N–H and O–H groups in total. The fourth-order valence-corrected chi connectivity index (χ4v) is 2.76. The first-order chi connectivity index (χ1) is 12.1. The highest BCUT2D eigenvalue weighted by molar-refractivity contribution is 14.0. The summed E-state index contributed by atoms with van der Waals surface area (Å²) in [5, 5.41) is 7.57. The molecule has 0 aliphatic heterocycles. The van der Waals surface area contributed by atoms with E-state index in [0.29, 0.717) is 59.7 Å². The van der Waals surface area contributed by atoms with E-state index in [-0.39, 0.29) is 24.0 Å². The molecule has 0 fully saturated rings. The first-order valence-corrected chi connectivity index (χ1v) is 9.00. The molecule has 0 aliphatic rings. The van der Waals surface area contributed by atoms with Gasteiger partial charge in [0, 0.05) is 32.3 Å². The molecule has 6 nitrogen and oxygen atoms in total. The van der Waals surface area contributed by atoms with Crippen LogP contribution in [0, 0.1) is 0 Å². The quantitative estimate of drug-likeness (QED) is 0.193. The van der Waals surface area contributed by atoms with Crippen molar-refractivity contribution in [3.8, 4) is 5.75 Å². The predicted octanol–water partition coefficient (Wildman–Crippen LogP) is 3.86. The second-order valence-corrected chi connectivity index (χ2v) is 6.18. The molecule has 0 saturated carbocycles. The summed E-state index contributed by atoms with van der Waals surface area (Å²) in [6.07, 6.45) is 0.872. The fraction of sp³-hybridized carbons (Fsp3) is 0.562. The summed E-state index contributed by atoms with van der Waals surface area (Å²) in [6.45, 7) is 3.56. The molecule has 0 bridgehead atoms. The Morgan fingerprint density at radius 1 is 1.00 bits per heavy atom. The van der Waals surface area contributed by atoms with Crippen LogP contribution in [0.2, 0.25) is 15.1 Å². The molecule has 150 valence electrons. The van der Waals surface area contributed by atoms with Gasteiger partial charge in [-0.3, -0.25) is 4.99 Å². The number of halogens is 4. The molecule has 1 aromatic carbocycles. The van der Waals surface area contributed by atoms with Crippen molar-refractivity contribution in [3.63, 3.8) is 0 Å². The summed E-state index contributed by atoms with van der Waals surface area (Å²) in [5.74, 6) is 1.11. The van der Waals surface area contributed by atoms with Gasteiger partial charge in [-0.2, -0.15) is 0 Å². The van der Waals surface area contributed by atoms with Crippen LogP contribution in [0.15, 0.2) is 17.1 Å². The molecule has 0 aliphatic carbocycles. The number of ether oxygens (including phenoxy) is 3. The molecule has 0 aromatic heterocycles. The maximum atomic E-state index is 6.06. The topological polar surface area (TPSA) is 64.1 Å². The van der Waals surface area contributed by atoms with E-state index in [1.165, 1.54) is 0 Å². The van der Waals surface area contributed by atoms with E-state index in [9.17, 15) is 0 Å². The van der Waals surface area contributed by atoms with Gasteiger partial charge in [-0.05, 0) is 18.6 Å². The third kappa shape index (κ3) is 10.8. The standard InChI is InChI=1S/C16H24Cl3N3O3.HI/c1-20-16(21-4-3-6-24-9-8-23-2)22-5-7-25-15-13(18)10-12(17)11-14(15)19;/h10-11H,3-9H2,1-2H3,(H2,20,21,22);1H. The number of methoxy groups -OCH3 is 1. The van der Waals surface area contributed by atoms with Gasteiger partial charge in [0.05, 0.1) is 29.8 Å². The van der Waals surface area contributed by atoms with Crippen molar-refractivity contribution in [2.75, 3.05) is 53.7 Å². The minimum atomic E-state index is 0. The largest absolute Gasteiger partial charge is 0.489 e. The molecule has 0 saturated heterocycles. The minimum Gasteiger partial charge on any atom is -0.489 e. The van der Waals surface area contributed by atoms with Crippen molar-refractivity contribution in [2.24, 2.45) is 4.99 Å². The highest BCUT2D eigenvalue weighted by atomic mass is 127. The Kier molecular flexibility index (Phi) is 15.7. The van der Waals surface area contributed by atoms with Crippen molar-refractivity contribution in [1.82, 2.24) is 10.6 Å². The second kappa shape index (κ2) is 15.8. The number of benzene rings is 1. The predicted molar refractivity (Wildman–Crippen MR) is 119 cm³/mol. The van der Waals surface area contributed by atoms with E-state index in [4.69, 9.17) is 49.0 Å². The van der Waals surface area contributed by atoms with Gasteiger partial charge in [-0.1, -0.05) is 34.8 Å². The molecular weight excluding hydrogens is 515 g/mol. The van der Waals surface area contributed by atoms with Gasteiger partial charge >= 0.3 is 0 Å². The molecular formula is C16H25Cl3IN3O3. The zero-order valence-corrected chi connectivity index (χ0v) is 19.4. The van der Waals surface area contributed by atoms with Crippen LogP contribution in [0.3, 0.4) is 0 Å². The molecule has 1 rings (SSSR count). The van der Waals surface area contributed by atoms with Gasteiger partial charge < -0.3 is 24.8 Å². The Bertz CT molecular complexity index is 528. The van der Waals surface area contributed by atoms with Crippen LogP contribution in [-0.4, -0.2) is 59.6 Å². The first kappa shape index (κ1) is 25.8. The van der Waals surface area contributed by atoms with Crippen LogP contribution in [0.5, 0.6) is 5.75 Å². The van der Waals surface area contributed by atoms with Gasteiger partial charge in [0.25, 0.3) is 0 Å². The Labute approximate surface area is 186 Å². The molecule has 0 heterocycles. The number of hydrogen-bond acceptors (Lipinski definition) is 4. The van der Waals surface area contributed by atoms with Gasteiger partial charge in [-0.15, -0.1) is 24.0 Å². The van der Waals surface area contributed by atoms with Crippen LogP contribution in [0.25, 0.3) is 0 Å². The third-order valence-electron chi connectivity index (χ3n) is 3.02. The minimum absolute atomic E-state index is 0. The second-order valence-electron chi connectivity index (χ2n) is 4.93. The van der Waals surface area contributed by atoms with Crippen molar-refractivity contribution < 1.29 is 14.2 Å². The molecule has 0 amide bonds. The third-order valence-corrected chi connectivity index (χ3v) is 3.80. The van der Waals surface area contributed by atoms with Crippen LogP contribution in [0.4, 0.5) is 0 Å². The van der Waals surface area contributed by atoms with Crippen LogP contribution < -0.4 is 15.4 Å². The number of aliphatic imine (C=N–C) groups is 1. The lowest BCUT2D eigenvalue weighted by molar-refractivity contribution is 0.0698. The van der Waals surface area contributed by atoms with E-state index < -0.39 is 0 Å². The van der Waals surface area contributed by atoms with E-state index in [1.54, 1.807) is 26.3 Å². The van der Waals surface area contributed by atoms with Gasteiger partial charge in [-0.25, -0.2) is 0 Å². The number of nitrogens with one attached hydrogen (secondary N) is 2. The maximum absolute atomic E-state index is 6.06. The lowest BCUT2D eigenvalue weighted by atomic mass is 10.3. The van der Waals surface area contributed by atoms with Crippen LogP contribution >= 0.6 is 58.8 Å². The zero-order chi connectivity index (χ0) is 18.5. The summed E-state index contributed by atoms with van der Waals surface area (Å²) in [5.41, 5.74) is 0. The average Bonchev–Trinajstić information content (AvgIpc) is 2.57. The Hall–Kier alpha value is -0.190. The summed E-state index contributed by atoms with van der Waals surface area (Å²) in [7, 11) is 3.36. The lowest BCUT2D eigenvalue weighted by Gasteiger charge is -2.14. The Balaban J connectivity index is 0.00000625. The molecule has 0 spiro atoms. The molecule has 26 heavy (non-hydrogen) atoms. The summed E-state index contributed by atoms with van der Waals surface area (Å²) in [4.78, 5) is 4.14. The SMILES string of the molecule is CN=C(NCCCOCCOC)NCCOc1c(Cl)cc(Cl)cc1Cl.I. The van der Waals surface area contributed by atoms with E-state index >= 15 is 0 Å². The molecule has 10 heteroatoms. The van der Waals surface area contributed by atoms with Crippen LogP contribution in [0.1, 0.15) is 6.42 Å². The zero-order valence-electron chi connectivity index (χ0n) is 14.8. The summed E-state index contributed by atoms with van der Waals surface area (Å²) in [6, 6.07) is 3.18. The maximum Gasteiger partial charge on any atom is 0.191 e. The lowest BCUT2D eigenvalue weighted by Crippen LogP contribution is -2.39. The highest BCUT2D eigenvalue weighted by Crippen LogP contribution is 2.35. The number of rotatable bonds is 11. The fourth-order valence-electron chi connectivity index (χ4n) is 1.84. The normalized spacial score (nSPS) is 11.0. The van der Waals surface area contributed by atoms with Crippen molar-refractivity contribution in [3.05, 3.63) is 27.2 Å². The van der Waals surface area contributed by atoms with Crippen molar-refractivity contribution in [1.29, 1.82) is 0 Å². The van der Waals surface area contributed by atoms with Crippen molar-refractivity contribution in [2.45, 2.75) is 6.42 Å². The summed E-state index contributed by atoms with van der Waals surface area (Å²) >= 11 is 18.0. The van der Waals surface area contributed by atoms with E-state index in [2.05, 4.69) is 15.6 Å². The van der Waals surface area contributed by atoms with E-state index in [1.807, 2.05) is 0 Å². The van der Waals surface area contributed by atoms with Gasteiger partial charge in [0.1, 0.15) is 6.61 Å². The molecule has 0 radical (unpaired) electrons. The Morgan fingerprint density at radius 2 is 1.65 bits per heavy atom. The smallest absolute Gasteiger partial charge is 0.191 e. The number of nitrogens with zero attached hydrogens (tertiary/aromatic N) is 1.